The van der Waals surface area contributed by atoms with E-state index in [1.165, 1.54) is 32.3 Å². The first-order valence-corrected chi connectivity index (χ1v) is 11.2. The van der Waals surface area contributed by atoms with Crippen LogP contribution in [0.5, 0.6) is 0 Å². The van der Waals surface area contributed by atoms with Crippen LogP contribution in [0.3, 0.4) is 0 Å². The van der Waals surface area contributed by atoms with Crippen molar-refractivity contribution in [2.45, 2.75) is 23.9 Å². The van der Waals surface area contributed by atoms with Crippen molar-refractivity contribution in [3.8, 4) is 0 Å². The number of nitrogens with one attached hydrogen (secondary N) is 1. The molecule has 0 aliphatic carbocycles. The number of sulfone groups is 1. The molecule has 1 saturated heterocycles. The monoisotopic (exact) mass is 403 g/mol. The predicted octanol–water partition coefficient (Wildman–Crippen LogP) is -0.208. The minimum atomic E-state index is -3.63. The van der Waals surface area contributed by atoms with Crippen LogP contribution < -0.4 is 5.32 Å². The number of rotatable bonds is 7. The maximum atomic E-state index is 12.3. The van der Waals surface area contributed by atoms with Crippen molar-refractivity contribution in [3.05, 3.63) is 29.8 Å². The largest absolute Gasteiger partial charge is 0.326 e. The molecule has 1 heterocycles. The van der Waals surface area contributed by atoms with E-state index in [4.69, 9.17) is 0 Å². The van der Waals surface area contributed by atoms with Gasteiger partial charge in [-0.25, -0.2) is 25.9 Å². The summed E-state index contributed by atoms with van der Waals surface area (Å²) in [5.74, 6) is -0.742. The Labute approximate surface area is 152 Å². The van der Waals surface area contributed by atoms with Gasteiger partial charge in [-0.3, -0.25) is 9.69 Å². The normalized spacial score (nSPS) is 18.5. The zero-order chi connectivity index (χ0) is 19.7. The fourth-order valence-corrected chi connectivity index (χ4v) is 4.09. The fourth-order valence-electron chi connectivity index (χ4n) is 2.45. The molecule has 0 saturated carbocycles. The number of nitrogens with zero attached hydrogens (tertiary/aromatic N) is 2. The molecule has 1 fully saturated rings. The minimum absolute atomic E-state index is 0.00500. The lowest BCUT2D eigenvalue weighted by Gasteiger charge is -2.15. The molecule has 1 N–H and O–H groups in total. The second-order valence-corrected chi connectivity index (χ2v) is 10.7. The Bertz CT molecular complexity index is 924. The van der Waals surface area contributed by atoms with Crippen molar-refractivity contribution in [1.82, 2.24) is 14.5 Å². The highest BCUT2D eigenvalue weighted by atomic mass is 32.2. The van der Waals surface area contributed by atoms with Gasteiger partial charge < -0.3 is 5.32 Å². The molecule has 1 aromatic carbocycles. The van der Waals surface area contributed by atoms with Crippen LogP contribution in [0, 0.1) is 0 Å². The summed E-state index contributed by atoms with van der Waals surface area (Å²) < 4.78 is 47.9. The van der Waals surface area contributed by atoms with Crippen LogP contribution in [0.1, 0.15) is 12.0 Å². The SMILES string of the molecule is CN(C)S(=O)(=O)c1cccc(CN2C(=O)N[C@H](CCS(C)(=O)=O)C2=O)c1. The van der Waals surface area contributed by atoms with E-state index in [1.807, 2.05) is 0 Å². The summed E-state index contributed by atoms with van der Waals surface area (Å²) in [4.78, 5) is 25.4. The van der Waals surface area contributed by atoms with E-state index in [-0.39, 0.29) is 23.6 Å². The van der Waals surface area contributed by atoms with Gasteiger partial charge in [0.25, 0.3) is 5.91 Å². The highest BCUT2D eigenvalue weighted by Gasteiger charge is 2.38. The summed E-state index contributed by atoms with van der Waals surface area (Å²) in [7, 11) is -4.07. The molecule has 1 aromatic rings. The van der Waals surface area contributed by atoms with E-state index in [0.717, 1.165) is 15.5 Å². The lowest BCUT2D eigenvalue weighted by atomic mass is 10.2. The Balaban J connectivity index is 2.16. The molecule has 0 bridgehead atoms. The first kappa shape index (κ1) is 20.3. The van der Waals surface area contributed by atoms with Gasteiger partial charge in [0.1, 0.15) is 15.9 Å². The highest BCUT2D eigenvalue weighted by molar-refractivity contribution is 7.90. The van der Waals surface area contributed by atoms with E-state index in [0.29, 0.717) is 5.56 Å². The topological polar surface area (TPSA) is 121 Å². The summed E-state index contributed by atoms with van der Waals surface area (Å²) in [6.45, 7) is -0.100. The first-order valence-electron chi connectivity index (χ1n) is 7.73. The van der Waals surface area contributed by atoms with E-state index < -0.39 is 37.8 Å². The minimum Gasteiger partial charge on any atom is -0.326 e. The number of urea groups is 1. The summed E-state index contributed by atoms with van der Waals surface area (Å²) >= 11 is 0. The third-order valence-corrected chi connectivity index (χ3v) is 6.69. The quantitative estimate of drug-likeness (QED) is 0.629. The van der Waals surface area contributed by atoms with Crippen LogP contribution in [-0.4, -0.2) is 70.1 Å². The zero-order valence-corrected chi connectivity index (χ0v) is 16.3. The van der Waals surface area contributed by atoms with Gasteiger partial charge in [0, 0.05) is 20.4 Å². The molecule has 144 valence electrons. The molecule has 26 heavy (non-hydrogen) atoms. The number of imide groups is 1. The first-order chi connectivity index (χ1) is 11.9. The predicted molar refractivity (Wildman–Crippen MR) is 94.5 cm³/mol. The van der Waals surface area contributed by atoms with Gasteiger partial charge in [-0.1, -0.05) is 12.1 Å². The van der Waals surface area contributed by atoms with Gasteiger partial charge >= 0.3 is 6.03 Å². The van der Waals surface area contributed by atoms with Gasteiger partial charge in [0.05, 0.1) is 17.2 Å². The molecule has 0 unspecified atom stereocenters. The van der Waals surface area contributed by atoms with Crippen LogP contribution in [0.15, 0.2) is 29.2 Å². The molecule has 1 atom stereocenters. The lowest BCUT2D eigenvalue weighted by molar-refractivity contribution is -0.127. The molecule has 3 amide bonds. The average molecular weight is 403 g/mol. The van der Waals surface area contributed by atoms with Crippen molar-refractivity contribution in [2.75, 3.05) is 26.1 Å². The van der Waals surface area contributed by atoms with Gasteiger partial charge in [-0.05, 0) is 24.1 Å². The molecule has 0 radical (unpaired) electrons. The molecule has 9 nitrogen and oxygen atoms in total. The molecule has 0 aromatic heterocycles. The highest BCUT2D eigenvalue weighted by Crippen LogP contribution is 2.19. The van der Waals surface area contributed by atoms with Crippen LogP contribution in [0.4, 0.5) is 4.79 Å². The number of carbonyl (C=O) groups is 2. The second-order valence-electron chi connectivity index (χ2n) is 6.28. The summed E-state index contributed by atoms with van der Waals surface area (Å²) in [6, 6.07) is 4.45. The van der Waals surface area contributed by atoms with E-state index in [1.54, 1.807) is 6.07 Å². The Hall–Kier alpha value is -1.98. The Morgan fingerprint density at radius 1 is 1.15 bits per heavy atom. The van der Waals surface area contributed by atoms with E-state index >= 15 is 0 Å². The van der Waals surface area contributed by atoms with Crippen molar-refractivity contribution in [2.24, 2.45) is 0 Å². The third kappa shape index (κ3) is 4.59. The van der Waals surface area contributed by atoms with E-state index in [9.17, 15) is 26.4 Å². The van der Waals surface area contributed by atoms with Crippen LogP contribution in [-0.2, 0) is 31.2 Å². The maximum Gasteiger partial charge on any atom is 0.325 e. The number of hydrogen-bond donors (Lipinski definition) is 1. The van der Waals surface area contributed by atoms with Crippen LogP contribution in [0.25, 0.3) is 0 Å². The van der Waals surface area contributed by atoms with Gasteiger partial charge in [-0.15, -0.1) is 0 Å². The summed E-state index contributed by atoms with van der Waals surface area (Å²) in [5.41, 5.74) is 0.472. The molecule has 11 heteroatoms. The Kier molecular flexibility index (Phi) is 5.73. The number of benzene rings is 1. The van der Waals surface area contributed by atoms with Crippen molar-refractivity contribution in [3.63, 3.8) is 0 Å². The Morgan fingerprint density at radius 2 is 1.81 bits per heavy atom. The zero-order valence-electron chi connectivity index (χ0n) is 14.7. The summed E-state index contributed by atoms with van der Waals surface area (Å²) in [6.07, 6.45) is 1.05. The molecular formula is C15H21N3O6S2. The van der Waals surface area contributed by atoms with Crippen LogP contribution >= 0.6 is 0 Å². The van der Waals surface area contributed by atoms with Gasteiger partial charge in [-0.2, -0.15) is 0 Å². The molecular weight excluding hydrogens is 382 g/mol. The van der Waals surface area contributed by atoms with Crippen molar-refractivity contribution < 1.29 is 26.4 Å². The number of amides is 3. The Morgan fingerprint density at radius 3 is 2.38 bits per heavy atom. The summed E-state index contributed by atoms with van der Waals surface area (Å²) in [5, 5.41) is 2.46. The number of hydrogen-bond acceptors (Lipinski definition) is 6. The number of carbonyl (C=O) groups excluding carboxylic acids is 2. The smallest absolute Gasteiger partial charge is 0.325 e. The molecule has 0 spiro atoms. The van der Waals surface area contributed by atoms with Gasteiger partial charge in [0.15, 0.2) is 0 Å². The lowest BCUT2D eigenvalue weighted by Crippen LogP contribution is -2.32. The van der Waals surface area contributed by atoms with Crippen LogP contribution in [0.2, 0.25) is 0 Å². The molecule has 1 aliphatic rings. The average Bonchev–Trinajstić information content (AvgIpc) is 2.80. The molecule has 2 rings (SSSR count). The second kappa shape index (κ2) is 7.33. The molecule has 1 aliphatic heterocycles. The number of sulfonamides is 1. The third-order valence-electron chi connectivity index (χ3n) is 3.90. The maximum absolute atomic E-state index is 12.3. The van der Waals surface area contributed by atoms with Crippen molar-refractivity contribution >= 4 is 31.8 Å². The van der Waals surface area contributed by atoms with Gasteiger partial charge in [0.2, 0.25) is 10.0 Å². The van der Waals surface area contributed by atoms with Crippen molar-refractivity contribution in [1.29, 1.82) is 0 Å². The van der Waals surface area contributed by atoms with E-state index in [2.05, 4.69) is 5.32 Å². The fraction of sp³-hybridized carbons (Fsp3) is 0.467. The standard InChI is InChI=1S/C15H21N3O6S2/c1-17(2)26(23,24)12-6-4-5-11(9-12)10-18-14(19)13(16-15(18)20)7-8-25(3,21)22/h4-6,9,13H,7-8,10H2,1-3H3,(H,16,20)/t13-/m1/s1.